The van der Waals surface area contributed by atoms with Gasteiger partial charge in [-0.1, -0.05) is 29.6 Å². The standard InChI is InChI=1S/C19H24Cl2N2O3S/c20-17-4-3-16(12-18(17)21)27(25,26)23-7-5-22(6-8-23)19(24)11-15-10-13-1-2-14(15)9-13/h3-4,12-15H,1-2,5-11H2. The Kier molecular flexibility index (Phi) is 5.45. The van der Waals surface area contributed by atoms with E-state index in [9.17, 15) is 13.2 Å². The first kappa shape index (κ1) is 19.5. The molecule has 2 bridgehead atoms. The van der Waals surface area contributed by atoms with Gasteiger partial charge in [-0.25, -0.2) is 8.42 Å². The summed E-state index contributed by atoms with van der Waals surface area (Å²) in [4.78, 5) is 14.6. The van der Waals surface area contributed by atoms with Crippen molar-refractivity contribution < 1.29 is 13.2 Å². The topological polar surface area (TPSA) is 57.7 Å². The van der Waals surface area contributed by atoms with Crippen LogP contribution in [-0.4, -0.2) is 49.7 Å². The summed E-state index contributed by atoms with van der Waals surface area (Å²) >= 11 is 11.8. The van der Waals surface area contributed by atoms with Crippen molar-refractivity contribution in [1.29, 1.82) is 0 Å². The second-order valence-electron chi connectivity index (χ2n) is 8.00. The Hall–Kier alpha value is -0.820. The molecule has 3 unspecified atom stereocenters. The molecule has 2 aliphatic carbocycles. The molecular weight excluding hydrogens is 407 g/mol. The first-order chi connectivity index (χ1) is 12.8. The van der Waals surface area contributed by atoms with Gasteiger partial charge in [0.15, 0.2) is 0 Å². The van der Waals surface area contributed by atoms with Crippen LogP contribution in [0.1, 0.15) is 32.1 Å². The van der Waals surface area contributed by atoms with Crippen molar-refractivity contribution in [2.75, 3.05) is 26.2 Å². The quantitative estimate of drug-likeness (QED) is 0.731. The van der Waals surface area contributed by atoms with Gasteiger partial charge in [0.05, 0.1) is 14.9 Å². The van der Waals surface area contributed by atoms with E-state index in [2.05, 4.69) is 0 Å². The summed E-state index contributed by atoms with van der Waals surface area (Å²) in [5.74, 6) is 2.28. The van der Waals surface area contributed by atoms with E-state index in [1.165, 1.54) is 48.2 Å². The average Bonchev–Trinajstić information content (AvgIpc) is 3.27. The normalized spacial score (nSPS) is 28.7. The maximum absolute atomic E-state index is 12.8. The third-order valence-corrected chi connectivity index (χ3v) is 9.08. The van der Waals surface area contributed by atoms with Crippen LogP contribution < -0.4 is 0 Å². The number of hydrogen-bond acceptors (Lipinski definition) is 3. The third kappa shape index (κ3) is 3.86. The maximum atomic E-state index is 12.8. The third-order valence-electron chi connectivity index (χ3n) is 6.44. The lowest BCUT2D eigenvalue weighted by molar-refractivity contribution is -0.133. The number of hydrogen-bond donors (Lipinski definition) is 0. The van der Waals surface area contributed by atoms with Gasteiger partial charge in [-0.2, -0.15) is 4.31 Å². The van der Waals surface area contributed by atoms with E-state index in [1.54, 1.807) is 0 Å². The molecule has 3 aliphatic rings. The number of fused-ring (bicyclic) bond motifs is 2. The van der Waals surface area contributed by atoms with Crippen LogP contribution in [0.2, 0.25) is 10.0 Å². The predicted molar refractivity (Wildman–Crippen MR) is 105 cm³/mol. The molecule has 8 heteroatoms. The zero-order chi connectivity index (χ0) is 19.2. The zero-order valence-electron chi connectivity index (χ0n) is 15.1. The molecule has 1 heterocycles. The Bertz CT molecular complexity index is 837. The number of rotatable bonds is 4. The van der Waals surface area contributed by atoms with Gasteiger partial charge < -0.3 is 4.90 Å². The van der Waals surface area contributed by atoms with Crippen LogP contribution in [-0.2, 0) is 14.8 Å². The van der Waals surface area contributed by atoms with Crippen LogP contribution in [0, 0.1) is 17.8 Å². The lowest BCUT2D eigenvalue weighted by Gasteiger charge is -2.35. The summed E-state index contributed by atoms with van der Waals surface area (Å²) < 4.78 is 27.1. The minimum Gasteiger partial charge on any atom is -0.340 e. The predicted octanol–water partition coefficient (Wildman–Crippen LogP) is 3.65. The van der Waals surface area contributed by atoms with Crippen LogP contribution in [0.4, 0.5) is 0 Å². The Morgan fingerprint density at radius 1 is 1.04 bits per heavy atom. The van der Waals surface area contributed by atoms with Crippen molar-refractivity contribution in [3.63, 3.8) is 0 Å². The van der Waals surface area contributed by atoms with E-state index in [-0.39, 0.29) is 15.8 Å². The summed E-state index contributed by atoms with van der Waals surface area (Å²) in [6, 6.07) is 4.34. The molecule has 4 rings (SSSR count). The first-order valence-corrected chi connectivity index (χ1v) is 11.8. The van der Waals surface area contributed by atoms with Crippen molar-refractivity contribution in [3.8, 4) is 0 Å². The van der Waals surface area contributed by atoms with Crippen LogP contribution >= 0.6 is 23.2 Å². The molecule has 0 radical (unpaired) electrons. The Labute approximate surface area is 170 Å². The molecule has 1 aromatic carbocycles. The molecule has 2 saturated carbocycles. The molecule has 3 atom stereocenters. The molecule has 0 N–H and O–H groups in total. The number of benzene rings is 1. The summed E-state index contributed by atoms with van der Waals surface area (Å²) in [6.07, 6.45) is 5.73. The zero-order valence-corrected chi connectivity index (χ0v) is 17.4. The van der Waals surface area contributed by atoms with Gasteiger partial charge in [0.2, 0.25) is 15.9 Å². The van der Waals surface area contributed by atoms with E-state index >= 15 is 0 Å². The Balaban J connectivity index is 1.35. The van der Waals surface area contributed by atoms with Gasteiger partial charge >= 0.3 is 0 Å². The highest BCUT2D eigenvalue weighted by Gasteiger charge is 2.41. The minimum atomic E-state index is -3.63. The number of amides is 1. The fraction of sp³-hybridized carbons (Fsp3) is 0.632. The molecule has 1 amide bonds. The van der Waals surface area contributed by atoms with E-state index in [0.29, 0.717) is 43.5 Å². The number of piperazine rings is 1. The van der Waals surface area contributed by atoms with Crippen molar-refractivity contribution in [3.05, 3.63) is 28.2 Å². The van der Waals surface area contributed by atoms with Gasteiger partial charge in [-0.15, -0.1) is 0 Å². The van der Waals surface area contributed by atoms with Gasteiger partial charge in [-0.3, -0.25) is 4.79 Å². The molecule has 0 spiro atoms. The smallest absolute Gasteiger partial charge is 0.243 e. The van der Waals surface area contributed by atoms with Crippen molar-refractivity contribution in [2.24, 2.45) is 17.8 Å². The largest absolute Gasteiger partial charge is 0.340 e. The molecule has 1 aromatic rings. The van der Waals surface area contributed by atoms with E-state index in [0.717, 1.165) is 11.8 Å². The van der Waals surface area contributed by atoms with E-state index in [4.69, 9.17) is 23.2 Å². The summed E-state index contributed by atoms with van der Waals surface area (Å²) in [6.45, 7) is 1.51. The van der Waals surface area contributed by atoms with Gasteiger partial charge in [0, 0.05) is 32.6 Å². The highest BCUT2D eigenvalue weighted by atomic mass is 35.5. The Morgan fingerprint density at radius 2 is 1.78 bits per heavy atom. The molecule has 3 fully saturated rings. The summed E-state index contributed by atoms with van der Waals surface area (Å²) in [5, 5.41) is 0.545. The monoisotopic (exact) mass is 430 g/mol. The SMILES string of the molecule is O=C(CC1CC2CCC1C2)N1CCN(S(=O)(=O)c2ccc(Cl)c(Cl)c2)CC1. The van der Waals surface area contributed by atoms with Gasteiger partial charge in [0.1, 0.15) is 0 Å². The van der Waals surface area contributed by atoms with E-state index in [1.807, 2.05) is 4.90 Å². The maximum Gasteiger partial charge on any atom is 0.243 e. The summed E-state index contributed by atoms with van der Waals surface area (Å²) in [5.41, 5.74) is 0. The number of carbonyl (C=O) groups excluding carboxylic acids is 1. The van der Waals surface area contributed by atoms with Crippen LogP contribution in [0.5, 0.6) is 0 Å². The van der Waals surface area contributed by atoms with Crippen LogP contribution in [0.25, 0.3) is 0 Å². The fourth-order valence-electron chi connectivity index (χ4n) is 4.94. The lowest BCUT2D eigenvalue weighted by atomic mass is 9.86. The number of halogens is 2. The van der Waals surface area contributed by atoms with Crippen molar-refractivity contribution in [2.45, 2.75) is 37.0 Å². The lowest BCUT2D eigenvalue weighted by Crippen LogP contribution is -2.50. The second kappa shape index (κ2) is 7.54. The number of nitrogens with zero attached hydrogens (tertiary/aromatic N) is 2. The highest BCUT2D eigenvalue weighted by molar-refractivity contribution is 7.89. The van der Waals surface area contributed by atoms with Crippen molar-refractivity contribution >= 4 is 39.1 Å². The molecule has 148 valence electrons. The molecule has 0 aromatic heterocycles. The Morgan fingerprint density at radius 3 is 2.37 bits per heavy atom. The molecule has 1 aliphatic heterocycles. The van der Waals surface area contributed by atoms with Crippen LogP contribution in [0.15, 0.2) is 23.1 Å². The second-order valence-corrected chi connectivity index (χ2v) is 10.8. The number of carbonyl (C=O) groups is 1. The molecule has 27 heavy (non-hydrogen) atoms. The molecule has 5 nitrogen and oxygen atoms in total. The minimum absolute atomic E-state index is 0.138. The highest BCUT2D eigenvalue weighted by Crippen LogP contribution is 2.49. The number of sulfonamides is 1. The average molecular weight is 431 g/mol. The van der Waals surface area contributed by atoms with E-state index < -0.39 is 10.0 Å². The molecule has 1 saturated heterocycles. The summed E-state index contributed by atoms with van der Waals surface area (Å²) in [7, 11) is -3.63. The molecular formula is C19H24Cl2N2O3S. The first-order valence-electron chi connectivity index (χ1n) is 9.57. The van der Waals surface area contributed by atoms with Crippen LogP contribution in [0.3, 0.4) is 0 Å². The van der Waals surface area contributed by atoms with Gasteiger partial charge in [-0.05, 0) is 55.2 Å². The van der Waals surface area contributed by atoms with Crippen molar-refractivity contribution in [1.82, 2.24) is 9.21 Å². The van der Waals surface area contributed by atoms with Gasteiger partial charge in [0.25, 0.3) is 0 Å². The fourth-order valence-corrected chi connectivity index (χ4v) is 6.76.